The number of aliphatic hydroxyl groups excluding tert-OH is 1. The lowest BCUT2D eigenvalue weighted by Crippen LogP contribution is -2.44. The minimum absolute atomic E-state index is 0.0106. The zero-order valence-corrected chi connectivity index (χ0v) is 14.2. The smallest absolute Gasteiger partial charge is 0.227 e. The van der Waals surface area contributed by atoms with Gasteiger partial charge in [-0.15, -0.1) is 0 Å². The number of carbonyl (C=O) groups excluding carboxylic acids is 1. The number of allylic oxidation sites excluding steroid dienone is 1. The number of rotatable bonds is 3. The molecule has 0 spiro atoms. The van der Waals surface area contributed by atoms with Crippen LogP contribution in [0.2, 0.25) is 0 Å². The molecule has 21 heavy (non-hydrogen) atoms. The van der Waals surface area contributed by atoms with Crippen LogP contribution in [-0.2, 0) is 4.79 Å². The Morgan fingerprint density at radius 2 is 1.90 bits per heavy atom. The highest BCUT2D eigenvalue weighted by Crippen LogP contribution is 2.21. The first-order valence-electron chi connectivity index (χ1n) is 7.40. The van der Waals surface area contributed by atoms with Gasteiger partial charge in [-0.2, -0.15) is 0 Å². The summed E-state index contributed by atoms with van der Waals surface area (Å²) in [6.45, 7) is 13.5. The number of carbonyl (C=O) groups is 1. The molecule has 0 aromatic rings. The van der Waals surface area contributed by atoms with Crippen LogP contribution in [0.1, 0.15) is 54.9 Å². The molecule has 1 amide bonds. The molecule has 0 saturated carbocycles. The van der Waals surface area contributed by atoms with E-state index in [1.54, 1.807) is 6.21 Å². The van der Waals surface area contributed by atoms with Gasteiger partial charge in [0.2, 0.25) is 5.91 Å². The number of nitrogens with zero attached hydrogens (tertiary/aromatic N) is 1. The Kier molecular flexibility index (Phi) is 5.20. The monoisotopic (exact) mass is 295 g/mol. The minimum Gasteiger partial charge on any atom is -0.373 e. The average molecular weight is 295 g/mol. The quantitative estimate of drug-likeness (QED) is 0.699. The van der Waals surface area contributed by atoms with Gasteiger partial charge in [0.25, 0.3) is 0 Å². The minimum atomic E-state index is -0.644. The Labute approximate surface area is 127 Å². The summed E-state index contributed by atoms with van der Waals surface area (Å²) in [5, 5.41) is 16.1. The third kappa shape index (κ3) is 5.16. The Balaban J connectivity index is 2.66. The van der Waals surface area contributed by atoms with Gasteiger partial charge in [-0.1, -0.05) is 41.5 Å². The first-order chi connectivity index (χ1) is 9.41. The first kappa shape index (κ1) is 17.7. The van der Waals surface area contributed by atoms with Gasteiger partial charge < -0.3 is 15.7 Å². The SMILES string of the molecule is CC1=C(NC(O)C(C)(C)C)C=NC(NC(=O)C(C)(C)C)C1. The van der Waals surface area contributed by atoms with Crippen molar-refractivity contribution < 1.29 is 9.90 Å². The highest BCUT2D eigenvalue weighted by atomic mass is 16.3. The second-order valence-corrected chi connectivity index (χ2v) is 7.83. The van der Waals surface area contributed by atoms with E-state index >= 15 is 0 Å². The van der Waals surface area contributed by atoms with Crippen LogP contribution < -0.4 is 10.6 Å². The van der Waals surface area contributed by atoms with Crippen LogP contribution in [0.25, 0.3) is 0 Å². The van der Waals surface area contributed by atoms with Crippen molar-refractivity contribution in [2.45, 2.75) is 67.3 Å². The second kappa shape index (κ2) is 6.18. The molecular weight excluding hydrogens is 266 g/mol. The van der Waals surface area contributed by atoms with Crippen LogP contribution >= 0.6 is 0 Å². The molecule has 0 fully saturated rings. The van der Waals surface area contributed by atoms with Crippen LogP contribution in [-0.4, -0.2) is 29.6 Å². The molecule has 2 unspecified atom stereocenters. The fourth-order valence-electron chi connectivity index (χ4n) is 1.71. The molecule has 0 aromatic carbocycles. The highest BCUT2D eigenvalue weighted by molar-refractivity contribution is 5.83. The van der Waals surface area contributed by atoms with Crippen molar-refractivity contribution in [3.8, 4) is 0 Å². The van der Waals surface area contributed by atoms with Crippen molar-refractivity contribution >= 4 is 12.1 Å². The van der Waals surface area contributed by atoms with Gasteiger partial charge in [0.1, 0.15) is 12.4 Å². The first-order valence-corrected chi connectivity index (χ1v) is 7.40. The lowest BCUT2D eigenvalue weighted by atomic mass is 9.93. The predicted molar refractivity (Wildman–Crippen MR) is 85.8 cm³/mol. The number of hydrogen-bond donors (Lipinski definition) is 3. The second-order valence-electron chi connectivity index (χ2n) is 7.83. The third-order valence-electron chi connectivity index (χ3n) is 3.43. The maximum absolute atomic E-state index is 12.0. The van der Waals surface area contributed by atoms with Gasteiger partial charge in [0, 0.05) is 23.5 Å². The molecule has 0 aromatic heterocycles. The molecule has 2 atom stereocenters. The summed E-state index contributed by atoms with van der Waals surface area (Å²) in [6, 6.07) is 0. The fraction of sp³-hybridized carbons (Fsp3) is 0.750. The van der Waals surface area contributed by atoms with Crippen molar-refractivity contribution in [1.29, 1.82) is 0 Å². The topological polar surface area (TPSA) is 73.7 Å². The van der Waals surface area contributed by atoms with E-state index in [9.17, 15) is 9.90 Å². The van der Waals surface area contributed by atoms with E-state index in [0.29, 0.717) is 6.42 Å². The van der Waals surface area contributed by atoms with E-state index in [1.807, 2.05) is 48.5 Å². The molecule has 120 valence electrons. The summed E-state index contributed by atoms with van der Waals surface area (Å²) in [4.78, 5) is 16.3. The van der Waals surface area contributed by atoms with E-state index in [-0.39, 0.29) is 17.5 Å². The molecule has 1 rings (SSSR count). The van der Waals surface area contributed by atoms with E-state index < -0.39 is 11.6 Å². The Morgan fingerprint density at radius 3 is 2.33 bits per heavy atom. The van der Waals surface area contributed by atoms with E-state index in [2.05, 4.69) is 15.6 Å². The molecule has 5 nitrogen and oxygen atoms in total. The van der Waals surface area contributed by atoms with Crippen LogP contribution in [0, 0.1) is 10.8 Å². The van der Waals surface area contributed by atoms with Gasteiger partial charge in [-0.25, -0.2) is 0 Å². The van der Waals surface area contributed by atoms with Crippen molar-refractivity contribution in [2.24, 2.45) is 15.8 Å². The number of aliphatic hydroxyl groups is 1. The van der Waals surface area contributed by atoms with Gasteiger partial charge >= 0.3 is 0 Å². The van der Waals surface area contributed by atoms with Crippen molar-refractivity contribution in [2.75, 3.05) is 0 Å². The highest BCUT2D eigenvalue weighted by Gasteiger charge is 2.27. The molecule has 1 aliphatic rings. The zero-order valence-electron chi connectivity index (χ0n) is 14.2. The molecule has 1 heterocycles. The zero-order chi connectivity index (χ0) is 16.4. The molecule has 0 saturated heterocycles. The maximum Gasteiger partial charge on any atom is 0.227 e. The fourth-order valence-corrected chi connectivity index (χ4v) is 1.71. The number of aliphatic imine (C=N–C) groups is 1. The number of nitrogens with one attached hydrogen (secondary N) is 2. The summed E-state index contributed by atoms with van der Waals surface area (Å²) in [5.74, 6) is -0.0106. The number of dihydropyridines is 1. The average Bonchev–Trinajstić information content (AvgIpc) is 2.30. The van der Waals surface area contributed by atoms with Gasteiger partial charge in [0.05, 0.1) is 5.70 Å². The predicted octanol–water partition coefficient (Wildman–Crippen LogP) is 2.18. The van der Waals surface area contributed by atoms with Gasteiger partial charge in [0.15, 0.2) is 0 Å². The van der Waals surface area contributed by atoms with Crippen LogP contribution in [0.4, 0.5) is 0 Å². The number of amides is 1. The Hall–Kier alpha value is -1.36. The maximum atomic E-state index is 12.0. The normalized spacial score (nSPS) is 21.2. The Bertz CT molecular complexity index is 453. The summed E-state index contributed by atoms with van der Waals surface area (Å²) in [6.07, 6.45) is 1.47. The third-order valence-corrected chi connectivity index (χ3v) is 3.43. The van der Waals surface area contributed by atoms with Gasteiger partial charge in [-0.05, 0) is 12.5 Å². The van der Waals surface area contributed by atoms with Gasteiger partial charge in [-0.3, -0.25) is 9.79 Å². The molecule has 5 heteroatoms. The van der Waals surface area contributed by atoms with Crippen molar-refractivity contribution in [3.05, 3.63) is 11.3 Å². The molecule has 3 N–H and O–H groups in total. The summed E-state index contributed by atoms with van der Waals surface area (Å²) >= 11 is 0. The standard InChI is InChI=1S/C16H29N3O2/c1-10-8-12(19-14(21)16(5,6)7)17-9-11(10)18-13(20)15(2,3)4/h9,12-13,18,20H,8H2,1-7H3,(H,19,21). The largest absolute Gasteiger partial charge is 0.373 e. The van der Waals surface area contributed by atoms with Crippen LogP contribution in [0.15, 0.2) is 16.3 Å². The van der Waals surface area contributed by atoms with E-state index in [1.165, 1.54) is 0 Å². The van der Waals surface area contributed by atoms with Crippen molar-refractivity contribution in [1.82, 2.24) is 10.6 Å². The van der Waals surface area contributed by atoms with Crippen LogP contribution in [0.5, 0.6) is 0 Å². The Morgan fingerprint density at radius 1 is 1.33 bits per heavy atom. The summed E-state index contributed by atoms with van der Waals surface area (Å²) < 4.78 is 0. The molecule has 0 bridgehead atoms. The molecule has 1 aliphatic heterocycles. The van der Waals surface area contributed by atoms with E-state index in [4.69, 9.17) is 0 Å². The molecule has 0 radical (unpaired) electrons. The number of hydrogen-bond acceptors (Lipinski definition) is 4. The van der Waals surface area contributed by atoms with E-state index in [0.717, 1.165) is 11.3 Å². The van der Waals surface area contributed by atoms with Crippen molar-refractivity contribution in [3.63, 3.8) is 0 Å². The summed E-state index contributed by atoms with van der Waals surface area (Å²) in [5.41, 5.74) is 1.23. The molecular formula is C16H29N3O2. The summed E-state index contributed by atoms with van der Waals surface area (Å²) in [7, 11) is 0. The molecule has 0 aliphatic carbocycles. The van der Waals surface area contributed by atoms with Crippen LogP contribution in [0.3, 0.4) is 0 Å². The lowest BCUT2D eigenvalue weighted by molar-refractivity contribution is -0.129. The lowest BCUT2D eigenvalue weighted by Gasteiger charge is -2.30.